The summed E-state index contributed by atoms with van der Waals surface area (Å²) >= 11 is 0. The number of nitrogen functional groups attached to an aromatic ring is 1. The molecule has 1 aliphatic heterocycles. The summed E-state index contributed by atoms with van der Waals surface area (Å²) in [6, 6.07) is 2.80. The van der Waals surface area contributed by atoms with Crippen LogP contribution in [0.15, 0.2) is 12.1 Å². The first-order valence-corrected chi connectivity index (χ1v) is 4.36. The molecule has 0 radical (unpaired) electrons. The van der Waals surface area contributed by atoms with Crippen LogP contribution >= 0.6 is 0 Å². The van der Waals surface area contributed by atoms with E-state index in [1.54, 1.807) is 0 Å². The molecular formula is C10H11F2NO. The van der Waals surface area contributed by atoms with E-state index < -0.39 is 5.92 Å². The zero-order valence-electron chi connectivity index (χ0n) is 7.81. The molecule has 0 atom stereocenters. The summed E-state index contributed by atoms with van der Waals surface area (Å²) in [5.41, 5.74) is 7.64. The lowest BCUT2D eigenvalue weighted by Gasteiger charge is -2.13. The summed E-state index contributed by atoms with van der Waals surface area (Å²) < 4.78 is 31.2. The Bertz CT molecular complexity index is 371. The zero-order valence-corrected chi connectivity index (χ0v) is 7.81. The van der Waals surface area contributed by atoms with E-state index in [1.807, 2.05) is 0 Å². The summed E-state index contributed by atoms with van der Waals surface area (Å²) in [5.74, 6) is -2.84. The van der Waals surface area contributed by atoms with E-state index in [1.165, 1.54) is 12.1 Å². The highest BCUT2D eigenvalue weighted by molar-refractivity contribution is 5.55. The van der Waals surface area contributed by atoms with Crippen molar-refractivity contribution < 1.29 is 13.5 Å². The lowest BCUT2D eigenvalue weighted by molar-refractivity contribution is 0.0174. The van der Waals surface area contributed by atoms with Crippen molar-refractivity contribution in [3.63, 3.8) is 0 Å². The van der Waals surface area contributed by atoms with Crippen molar-refractivity contribution in [3.05, 3.63) is 28.8 Å². The van der Waals surface area contributed by atoms with Gasteiger partial charge < -0.3 is 10.5 Å². The van der Waals surface area contributed by atoms with Crippen LogP contribution in [0.4, 0.5) is 14.5 Å². The fourth-order valence-electron chi connectivity index (χ4n) is 1.58. The molecule has 0 unspecified atom stereocenters. The lowest BCUT2D eigenvalue weighted by atomic mass is 10.0. The second-order valence-corrected chi connectivity index (χ2v) is 3.58. The van der Waals surface area contributed by atoms with Crippen molar-refractivity contribution in [1.29, 1.82) is 0 Å². The Morgan fingerprint density at radius 3 is 2.71 bits per heavy atom. The first kappa shape index (κ1) is 9.40. The minimum absolute atomic E-state index is 0.0424. The summed E-state index contributed by atoms with van der Waals surface area (Å²) in [5, 5.41) is 0. The molecule has 2 rings (SSSR count). The number of hydrogen-bond donors (Lipinski definition) is 1. The molecule has 1 aromatic rings. The predicted octanol–water partition coefficient (Wildman–Crippen LogP) is 2.41. The number of hydrogen-bond acceptors (Lipinski definition) is 2. The van der Waals surface area contributed by atoms with Gasteiger partial charge in [-0.1, -0.05) is 0 Å². The average Bonchev–Trinajstić information content (AvgIpc) is 2.50. The summed E-state index contributed by atoms with van der Waals surface area (Å²) in [6.07, 6.45) is 0. The van der Waals surface area contributed by atoms with E-state index in [2.05, 4.69) is 0 Å². The van der Waals surface area contributed by atoms with Crippen molar-refractivity contribution in [2.45, 2.75) is 26.1 Å². The molecule has 4 heteroatoms. The molecule has 14 heavy (non-hydrogen) atoms. The number of nitrogens with two attached hydrogens (primary N) is 1. The Morgan fingerprint density at radius 2 is 2.07 bits per heavy atom. The maximum atomic E-state index is 13.0. The van der Waals surface area contributed by atoms with E-state index in [9.17, 15) is 8.78 Å². The maximum absolute atomic E-state index is 13.0. The number of fused-ring (bicyclic) bond motifs is 1. The van der Waals surface area contributed by atoms with Gasteiger partial charge in [0.2, 0.25) is 0 Å². The van der Waals surface area contributed by atoms with Crippen molar-refractivity contribution >= 4 is 5.69 Å². The van der Waals surface area contributed by atoms with Gasteiger partial charge in [-0.15, -0.1) is 0 Å². The SMILES string of the molecule is CC(F)(F)c1cc(N)c2c(c1)COC2. The second-order valence-electron chi connectivity index (χ2n) is 3.58. The third kappa shape index (κ3) is 1.46. The van der Waals surface area contributed by atoms with Crippen LogP contribution in [0.25, 0.3) is 0 Å². The monoisotopic (exact) mass is 199 g/mol. The molecule has 76 valence electrons. The molecule has 1 aromatic carbocycles. The highest BCUT2D eigenvalue weighted by Crippen LogP contribution is 2.34. The summed E-state index contributed by atoms with van der Waals surface area (Å²) in [4.78, 5) is 0. The van der Waals surface area contributed by atoms with E-state index in [0.29, 0.717) is 18.9 Å². The van der Waals surface area contributed by atoms with Gasteiger partial charge >= 0.3 is 0 Å². The second kappa shape index (κ2) is 2.92. The Morgan fingerprint density at radius 1 is 1.36 bits per heavy atom. The van der Waals surface area contributed by atoms with Gasteiger partial charge in [0.25, 0.3) is 5.92 Å². The van der Waals surface area contributed by atoms with Crippen LogP contribution in [0, 0.1) is 0 Å². The van der Waals surface area contributed by atoms with E-state index in [4.69, 9.17) is 10.5 Å². The van der Waals surface area contributed by atoms with Gasteiger partial charge in [0.1, 0.15) is 0 Å². The third-order valence-corrected chi connectivity index (χ3v) is 2.39. The van der Waals surface area contributed by atoms with E-state index >= 15 is 0 Å². The minimum Gasteiger partial charge on any atom is -0.398 e. The normalized spacial score (nSPS) is 15.6. The molecule has 1 heterocycles. The van der Waals surface area contributed by atoms with E-state index in [0.717, 1.165) is 18.1 Å². The standard InChI is InChI=1S/C10H11F2NO/c1-10(11,12)7-2-6-4-14-5-8(6)9(13)3-7/h2-3H,4-5,13H2,1H3. The van der Waals surface area contributed by atoms with Gasteiger partial charge in [-0.25, -0.2) is 8.78 Å². The summed E-state index contributed by atoms with van der Waals surface area (Å²) in [6.45, 7) is 1.67. The van der Waals surface area contributed by atoms with Gasteiger partial charge in [0.05, 0.1) is 13.2 Å². The largest absolute Gasteiger partial charge is 0.398 e. The molecule has 0 spiro atoms. The fourth-order valence-corrected chi connectivity index (χ4v) is 1.58. The van der Waals surface area contributed by atoms with Crippen molar-refractivity contribution in [1.82, 2.24) is 0 Å². The molecule has 0 fully saturated rings. The first-order valence-electron chi connectivity index (χ1n) is 4.36. The molecule has 0 aliphatic carbocycles. The molecule has 0 aromatic heterocycles. The summed E-state index contributed by atoms with van der Waals surface area (Å²) in [7, 11) is 0. The van der Waals surface area contributed by atoms with Gasteiger partial charge in [0.15, 0.2) is 0 Å². The van der Waals surface area contributed by atoms with Crippen LogP contribution in [-0.2, 0) is 23.9 Å². The molecule has 1 aliphatic rings. The minimum atomic E-state index is -2.84. The number of anilines is 1. The number of rotatable bonds is 1. The van der Waals surface area contributed by atoms with Crippen molar-refractivity contribution in [2.24, 2.45) is 0 Å². The van der Waals surface area contributed by atoms with Crippen LogP contribution in [0.1, 0.15) is 23.6 Å². The highest BCUT2D eigenvalue weighted by Gasteiger charge is 2.27. The Balaban J connectivity index is 2.52. The van der Waals surface area contributed by atoms with Gasteiger partial charge in [-0.2, -0.15) is 0 Å². The van der Waals surface area contributed by atoms with Crippen LogP contribution < -0.4 is 5.73 Å². The fraction of sp³-hybridized carbons (Fsp3) is 0.400. The van der Waals surface area contributed by atoms with Crippen LogP contribution in [-0.4, -0.2) is 0 Å². The Hall–Kier alpha value is -1.16. The number of ether oxygens (including phenoxy) is 1. The molecule has 0 saturated heterocycles. The topological polar surface area (TPSA) is 35.2 Å². The van der Waals surface area contributed by atoms with E-state index in [-0.39, 0.29) is 5.56 Å². The highest BCUT2D eigenvalue weighted by atomic mass is 19.3. The Kier molecular flexibility index (Phi) is 1.96. The molecule has 2 nitrogen and oxygen atoms in total. The van der Waals surface area contributed by atoms with Crippen LogP contribution in [0.2, 0.25) is 0 Å². The maximum Gasteiger partial charge on any atom is 0.270 e. The van der Waals surface area contributed by atoms with Crippen molar-refractivity contribution in [2.75, 3.05) is 5.73 Å². The molecule has 0 bridgehead atoms. The number of benzene rings is 1. The molecular weight excluding hydrogens is 188 g/mol. The lowest BCUT2D eigenvalue weighted by Crippen LogP contribution is -2.09. The average molecular weight is 199 g/mol. The molecule has 0 amide bonds. The quantitative estimate of drug-likeness (QED) is 0.705. The zero-order chi connectivity index (χ0) is 10.3. The van der Waals surface area contributed by atoms with Crippen molar-refractivity contribution in [3.8, 4) is 0 Å². The number of alkyl halides is 2. The Labute approximate surface area is 80.7 Å². The number of halogens is 2. The first-order chi connectivity index (χ1) is 6.48. The van der Waals surface area contributed by atoms with Gasteiger partial charge in [0, 0.05) is 23.7 Å². The molecule has 0 saturated carbocycles. The predicted molar refractivity (Wildman–Crippen MR) is 48.9 cm³/mol. The van der Waals surface area contributed by atoms with Gasteiger partial charge in [-0.05, 0) is 17.7 Å². The third-order valence-electron chi connectivity index (χ3n) is 2.39. The van der Waals surface area contributed by atoms with Crippen LogP contribution in [0.5, 0.6) is 0 Å². The van der Waals surface area contributed by atoms with Gasteiger partial charge in [-0.3, -0.25) is 0 Å². The smallest absolute Gasteiger partial charge is 0.270 e. The molecule has 2 N–H and O–H groups in total. The van der Waals surface area contributed by atoms with Crippen LogP contribution in [0.3, 0.4) is 0 Å².